The van der Waals surface area contributed by atoms with Crippen LogP contribution in [0.2, 0.25) is 0 Å². The van der Waals surface area contributed by atoms with E-state index in [1.54, 1.807) is 19.1 Å². The van der Waals surface area contributed by atoms with E-state index in [4.69, 9.17) is 0 Å². The Kier molecular flexibility index (Phi) is 7.02. The van der Waals surface area contributed by atoms with Gasteiger partial charge in [0.2, 0.25) is 5.91 Å². The van der Waals surface area contributed by atoms with E-state index >= 15 is 0 Å². The number of aliphatic hydroxyl groups excluding tert-OH is 1. The largest absolute Gasteiger partial charge is 0.396 e. The first kappa shape index (κ1) is 20.6. The summed E-state index contributed by atoms with van der Waals surface area (Å²) in [6, 6.07) is 14.7. The average Bonchev–Trinajstić information content (AvgIpc) is 3.15. The van der Waals surface area contributed by atoms with Crippen molar-refractivity contribution < 1.29 is 14.3 Å². The molecule has 0 unspecified atom stereocenters. The van der Waals surface area contributed by atoms with Crippen LogP contribution in [0.5, 0.6) is 0 Å². The van der Waals surface area contributed by atoms with Crippen LogP contribution in [0.1, 0.15) is 41.9 Å². The number of rotatable bonds is 9. The van der Waals surface area contributed by atoms with E-state index in [-0.39, 0.29) is 30.8 Å². The number of aryl methyl sites for hydroxylation is 1. The number of hydrogen-bond acceptors (Lipinski definition) is 5. The average molecular weight is 397 g/mol. The molecule has 0 saturated carbocycles. The number of nitrogens with zero attached hydrogens (tertiary/aromatic N) is 4. The van der Waals surface area contributed by atoms with Gasteiger partial charge in [-0.3, -0.25) is 4.79 Å². The van der Waals surface area contributed by atoms with E-state index in [0.29, 0.717) is 24.2 Å². The number of benzene rings is 2. The summed E-state index contributed by atoms with van der Waals surface area (Å²) in [4.78, 5) is 13.2. The summed E-state index contributed by atoms with van der Waals surface area (Å²) in [6.45, 7) is 1.75. The fourth-order valence-corrected chi connectivity index (χ4v) is 3.27. The van der Waals surface area contributed by atoms with Gasteiger partial charge in [0, 0.05) is 13.0 Å². The number of hydrogen-bond donors (Lipinski definition) is 2. The van der Waals surface area contributed by atoms with Gasteiger partial charge in [-0.25, -0.2) is 9.07 Å². The van der Waals surface area contributed by atoms with Gasteiger partial charge in [-0.15, -0.1) is 5.10 Å². The van der Waals surface area contributed by atoms with Gasteiger partial charge in [-0.1, -0.05) is 42.5 Å². The molecule has 2 aromatic carbocycles. The van der Waals surface area contributed by atoms with Gasteiger partial charge < -0.3 is 10.4 Å². The second-order valence-electron chi connectivity index (χ2n) is 6.86. The third kappa shape index (κ3) is 5.45. The predicted molar refractivity (Wildman–Crippen MR) is 105 cm³/mol. The second kappa shape index (κ2) is 9.88. The number of amides is 1. The lowest BCUT2D eigenvalue weighted by Gasteiger charge is -2.23. The van der Waals surface area contributed by atoms with Crippen LogP contribution in [0.25, 0.3) is 0 Å². The second-order valence-corrected chi connectivity index (χ2v) is 6.86. The van der Waals surface area contributed by atoms with Crippen LogP contribution in [0.3, 0.4) is 0 Å². The minimum atomic E-state index is -0.730. The molecule has 152 valence electrons. The van der Waals surface area contributed by atoms with Gasteiger partial charge in [0.1, 0.15) is 17.7 Å². The number of nitrogens with one attached hydrogen (secondary N) is 1. The smallest absolute Gasteiger partial charge is 0.245 e. The molecule has 8 heteroatoms. The summed E-state index contributed by atoms with van der Waals surface area (Å²) < 4.78 is 15.1. The fraction of sp³-hybridized carbons (Fsp3) is 0.333. The zero-order valence-electron chi connectivity index (χ0n) is 16.2. The van der Waals surface area contributed by atoms with Crippen molar-refractivity contribution in [3.05, 3.63) is 77.4 Å². The molecule has 1 aromatic heterocycles. The predicted octanol–water partition coefficient (Wildman–Crippen LogP) is 2.53. The normalized spacial score (nSPS) is 13.1. The standard InChI is InChI=1S/C21H24FN5O2/c1-15-24-25-26-27(15)20(14-16-7-5-10-18(22)13-16)21(29)23-19(11-6-12-28)17-8-3-2-4-9-17/h2-5,7-10,13,19-20,28H,6,11-12,14H2,1H3,(H,23,29)/t19-,20+/m1/s1. The topological polar surface area (TPSA) is 92.9 Å². The molecule has 1 heterocycles. The Balaban J connectivity index is 1.85. The van der Waals surface area contributed by atoms with Crippen molar-refractivity contribution in [2.24, 2.45) is 0 Å². The Hall–Kier alpha value is -3.13. The van der Waals surface area contributed by atoms with Crippen LogP contribution in [0, 0.1) is 12.7 Å². The fourth-order valence-electron chi connectivity index (χ4n) is 3.27. The van der Waals surface area contributed by atoms with E-state index in [0.717, 1.165) is 5.56 Å². The lowest BCUT2D eigenvalue weighted by molar-refractivity contribution is -0.125. The summed E-state index contributed by atoms with van der Waals surface area (Å²) in [5.74, 6) is -0.134. The highest BCUT2D eigenvalue weighted by atomic mass is 19.1. The number of aromatic nitrogens is 4. The van der Waals surface area contributed by atoms with Gasteiger partial charge >= 0.3 is 0 Å². The van der Waals surface area contributed by atoms with Gasteiger partial charge in [0.15, 0.2) is 0 Å². The molecule has 0 aliphatic heterocycles. The van der Waals surface area contributed by atoms with Crippen LogP contribution in [-0.4, -0.2) is 37.8 Å². The van der Waals surface area contributed by atoms with E-state index in [1.165, 1.54) is 16.8 Å². The first-order chi connectivity index (χ1) is 14.1. The molecular formula is C21H24FN5O2. The molecule has 0 spiro atoms. The Morgan fingerprint density at radius 2 is 2.00 bits per heavy atom. The number of carbonyl (C=O) groups is 1. The quantitative estimate of drug-likeness (QED) is 0.579. The molecule has 7 nitrogen and oxygen atoms in total. The molecule has 0 fully saturated rings. The van der Waals surface area contributed by atoms with Crippen molar-refractivity contribution in [1.82, 2.24) is 25.5 Å². The monoisotopic (exact) mass is 397 g/mol. The number of tetrazole rings is 1. The molecule has 0 aliphatic rings. The van der Waals surface area contributed by atoms with Gasteiger partial charge in [0.25, 0.3) is 0 Å². The van der Waals surface area contributed by atoms with Crippen molar-refractivity contribution in [1.29, 1.82) is 0 Å². The Morgan fingerprint density at radius 3 is 2.66 bits per heavy atom. The Bertz CT molecular complexity index is 932. The van der Waals surface area contributed by atoms with Crippen molar-refractivity contribution in [2.75, 3.05) is 6.61 Å². The third-order valence-electron chi connectivity index (χ3n) is 4.74. The van der Waals surface area contributed by atoms with Crippen molar-refractivity contribution in [2.45, 2.75) is 38.3 Å². The first-order valence-electron chi connectivity index (χ1n) is 9.53. The SMILES string of the molecule is Cc1nnnn1[C@@H](Cc1cccc(F)c1)C(=O)N[C@H](CCCO)c1ccccc1. The summed E-state index contributed by atoms with van der Waals surface area (Å²) >= 11 is 0. The number of carbonyl (C=O) groups excluding carboxylic acids is 1. The maximum Gasteiger partial charge on any atom is 0.245 e. The maximum atomic E-state index is 13.6. The molecule has 1 amide bonds. The highest BCUT2D eigenvalue weighted by Gasteiger charge is 2.27. The van der Waals surface area contributed by atoms with Crippen molar-refractivity contribution in [3.63, 3.8) is 0 Å². The first-order valence-corrected chi connectivity index (χ1v) is 9.53. The zero-order valence-corrected chi connectivity index (χ0v) is 16.2. The number of aliphatic hydroxyl groups is 1. The summed E-state index contributed by atoms with van der Waals surface area (Å²) in [6.07, 6.45) is 1.39. The van der Waals surface area contributed by atoms with Crippen molar-refractivity contribution >= 4 is 5.91 Å². The minimum Gasteiger partial charge on any atom is -0.396 e. The molecule has 0 aliphatic carbocycles. The summed E-state index contributed by atoms with van der Waals surface area (Å²) in [5.41, 5.74) is 1.62. The molecule has 0 radical (unpaired) electrons. The Morgan fingerprint density at radius 1 is 1.21 bits per heavy atom. The van der Waals surface area contributed by atoms with Gasteiger partial charge in [-0.05, 0) is 53.5 Å². The lowest BCUT2D eigenvalue weighted by atomic mass is 10.00. The van der Waals surface area contributed by atoms with E-state index in [2.05, 4.69) is 20.8 Å². The molecular weight excluding hydrogens is 373 g/mol. The summed E-state index contributed by atoms with van der Waals surface area (Å²) in [7, 11) is 0. The molecule has 0 bridgehead atoms. The molecule has 0 saturated heterocycles. The summed E-state index contributed by atoms with van der Waals surface area (Å²) in [5, 5.41) is 23.8. The molecule has 29 heavy (non-hydrogen) atoms. The van der Waals surface area contributed by atoms with Gasteiger partial charge in [0.05, 0.1) is 6.04 Å². The third-order valence-corrected chi connectivity index (χ3v) is 4.74. The number of halogens is 1. The maximum absolute atomic E-state index is 13.6. The molecule has 2 N–H and O–H groups in total. The lowest BCUT2D eigenvalue weighted by Crippen LogP contribution is -2.37. The highest BCUT2D eigenvalue weighted by molar-refractivity contribution is 5.81. The van der Waals surface area contributed by atoms with Gasteiger partial charge in [-0.2, -0.15) is 0 Å². The molecule has 3 aromatic rings. The van der Waals surface area contributed by atoms with Crippen LogP contribution >= 0.6 is 0 Å². The zero-order chi connectivity index (χ0) is 20.6. The van der Waals surface area contributed by atoms with E-state index < -0.39 is 6.04 Å². The van der Waals surface area contributed by atoms with Crippen LogP contribution in [-0.2, 0) is 11.2 Å². The van der Waals surface area contributed by atoms with Crippen LogP contribution < -0.4 is 5.32 Å². The Labute approximate surface area is 168 Å². The van der Waals surface area contributed by atoms with Crippen molar-refractivity contribution in [3.8, 4) is 0 Å². The van der Waals surface area contributed by atoms with Crippen LogP contribution in [0.4, 0.5) is 4.39 Å². The van der Waals surface area contributed by atoms with E-state index in [9.17, 15) is 14.3 Å². The van der Waals surface area contributed by atoms with E-state index in [1.807, 2.05) is 30.3 Å². The highest BCUT2D eigenvalue weighted by Crippen LogP contribution is 2.22. The molecule has 2 atom stereocenters. The molecule has 3 rings (SSSR count). The van der Waals surface area contributed by atoms with Crippen LogP contribution in [0.15, 0.2) is 54.6 Å². The minimum absolute atomic E-state index is 0.0397.